The summed E-state index contributed by atoms with van der Waals surface area (Å²) in [6.07, 6.45) is 0. The fraction of sp³-hybridized carbons (Fsp3) is 0.200. The molecule has 0 atom stereocenters. The molecule has 0 aromatic heterocycles. The van der Waals surface area contributed by atoms with Crippen LogP contribution >= 0.6 is 15.9 Å². The Morgan fingerprint density at radius 1 is 1.00 bits per heavy atom. The average Bonchev–Trinajstić information content (AvgIpc) is 2.38. The molecule has 2 rings (SSSR count). The maximum absolute atomic E-state index is 3.47. The van der Waals surface area contributed by atoms with Gasteiger partial charge < -0.3 is 10.2 Å². The Labute approximate surface area is 117 Å². The van der Waals surface area contributed by atoms with Crippen molar-refractivity contribution in [3.63, 3.8) is 0 Å². The van der Waals surface area contributed by atoms with Gasteiger partial charge in [0, 0.05) is 25.1 Å². The van der Waals surface area contributed by atoms with Gasteiger partial charge in [-0.1, -0.05) is 40.2 Å². The fourth-order valence-electron chi connectivity index (χ4n) is 1.81. The highest BCUT2D eigenvalue weighted by Gasteiger charge is 2.02. The molecule has 2 aromatic carbocycles. The molecule has 2 nitrogen and oxygen atoms in total. The first-order valence-electron chi connectivity index (χ1n) is 5.91. The minimum absolute atomic E-state index is 0.831. The summed E-state index contributed by atoms with van der Waals surface area (Å²) in [5.74, 6) is 0. The predicted octanol–water partition coefficient (Wildman–Crippen LogP) is 4.13. The number of rotatable bonds is 4. The Hall–Kier alpha value is -1.48. The van der Waals surface area contributed by atoms with E-state index in [1.807, 2.05) is 0 Å². The summed E-state index contributed by atoms with van der Waals surface area (Å²) >= 11 is 3.45. The van der Waals surface area contributed by atoms with Gasteiger partial charge in [0.15, 0.2) is 0 Å². The molecule has 0 amide bonds. The van der Waals surface area contributed by atoms with Gasteiger partial charge in [-0.25, -0.2) is 0 Å². The molecule has 94 valence electrons. The highest BCUT2D eigenvalue weighted by atomic mass is 79.9. The lowest BCUT2D eigenvalue weighted by Gasteiger charge is -2.18. The van der Waals surface area contributed by atoms with Crippen LogP contribution in [-0.4, -0.2) is 14.1 Å². The maximum atomic E-state index is 3.47. The molecule has 0 saturated carbocycles. The zero-order valence-electron chi connectivity index (χ0n) is 10.7. The molecule has 1 N–H and O–H groups in total. The molecule has 0 bridgehead atoms. The Balaban J connectivity index is 2.08. The van der Waals surface area contributed by atoms with E-state index in [4.69, 9.17) is 0 Å². The summed E-state index contributed by atoms with van der Waals surface area (Å²) in [6.45, 7) is 0.831. The zero-order chi connectivity index (χ0) is 13.0. The molecular formula is C15H17BrN2. The summed E-state index contributed by atoms with van der Waals surface area (Å²) in [4.78, 5) is 2.11. The third-order valence-corrected chi connectivity index (χ3v) is 3.31. The molecule has 0 aliphatic rings. The highest BCUT2D eigenvalue weighted by Crippen LogP contribution is 2.24. The van der Waals surface area contributed by atoms with Crippen molar-refractivity contribution in [2.45, 2.75) is 6.54 Å². The standard InChI is InChI=1S/C15H17BrN2/c1-18(2)15-6-4-3-5-14(15)17-11-12-7-9-13(16)10-8-12/h3-10,17H,11H2,1-2H3. The van der Waals surface area contributed by atoms with Crippen LogP contribution in [0.4, 0.5) is 11.4 Å². The third-order valence-electron chi connectivity index (χ3n) is 2.78. The van der Waals surface area contributed by atoms with Gasteiger partial charge in [0.05, 0.1) is 11.4 Å². The van der Waals surface area contributed by atoms with E-state index in [1.54, 1.807) is 0 Å². The van der Waals surface area contributed by atoms with Crippen LogP contribution in [0.15, 0.2) is 53.0 Å². The number of hydrogen-bond donors (Lipinski definition) is 1. The van der Waals surface area contributed by atoms with Crippen molar-refractivity contribution >= 4 is 27.3 Å². The third kappa shape index (κ3) is 3.26. The lowest BCUT2D eigenvalue weighted by molar-refractivity contribution is 1.10. The normalized spacial score (nSPS) is 10.2. The van der Waals surface area contributed by atoms with Crippen LogP contribution in [-0.2, 0) is 6.54 Å². The number of nitrogens with zero attached hydrogens (tertiary/aromatic N) is 1. The molecule has 0 unspecified atom stereocenters. The van der Waals surface area contributed by atoms with Crippen molar-refractivity contribution < 1.29 is 0 Å². The van der Waals surface area contributed by atoms with Crippen molar-refractivity contribution in [2.24, 2.45) is 0 Å². The SMILES string of the molecule is CN(C)c1ccccc1NCc1ccc(Br)cc1. The van der Waals surface area contributed by atoms with E-state index in [9.17, 15) is 0 Å². The minimum atomic E-state index is 0.831. The maximum Gasteiger partial charge on any atom is 0.0596 e. The minimum Gasteiger partial charge on any atom is -0.379 e. The first-order valence-corrected chi connectivity index (χ1v) is 6.71. The van der Waals surface area contributed by atoms with Crippen molar-refractivity contribution in [3.05, 3.63) is 58.6 Å². The molecule has 0 radical (unpaired) electrons. The van der Waals surface area contributed by atoms with Crippen molar-refractivity contribution in [3.8, 4) is 0 Å². The second-order valence-electron chi connectivity index (χ2n) is 4.39. The van der Waals surface area contributed by atoms with Gasteiger partial charge in [-0.2, -0.15) is 0 Å². The quantitative estimate of drug-likeness (QED) is 0.914. The molecule has 3 heteroatoms. The smallest absolute Gasteiger partial charge is 0.0596 e. The lowest BCUT2D eigenvalue weighted by atomic mass is 10.2. The Bertz CT molecular complexity index is 506. The number of para-hydroxylation sites is 2. The molecule has 18 heavy (non-hydrogen) atoms. The summed E-state index contributed by atoms with van der Waals surface area (Å²) < 4.78 is 1.11. The van der Waals surface area contributed by atoms with E-state index in [2.05, 4.69) is 88.8 Å². The number of hydrogen-bond acceptors (Lipinski definition) is 2. The van der Waals surface area contributed by atoms with Gasteiger partial charge in [-0.3, -0.25) is 0 Å². The van der Waals surface area contributed by atoms with E-state index in [-0.39, 0.29) is 0 Å². The van der Waals surface area contributed by atoms with Crippen LogP contribution in [0, 0.1) is 0 Å². The van der Waals surface area contributed by atoms with Crippen LogP contribution in [0.2, 0.25) is 0 Å². The molecule has 2 aromatic rings. The summed E-state index contributed by atoms with van der Waals surface area (Å²) in [5, 5.41) is 3.47. The molecular weight excluding hydrogens is 288 g/mol. The highest BCUT2D eigenvalue weighted by molar-refractivity contribution is 9.10. The Morgan fingerprint density at radius 3 is 2.33 bits per heavy atom. The first-order chi connectivity index (χ1) is 8.66. The molecule has 0 fully saturated rings. The zero-order valence-corrected chi connectivity index (χ0v) is 12.2. The summed E-state index contributed by atoms with van der Waals surface area (Å²) in [6, 6.07) is 16.7. The van der Waals surface area contributed by atoms with E-state index >= 15 is 0 Å². The van der Waals surface area contributed by atoms with Gasteiger partial charge in [-0.05, 0) is 29.8 Å². The van der Waals surface area contributed by atoms with E-state index in [0.29, 0.717) is 0 Å². The number of halogens is 1. The van der Waals surface area contributed by atoms with Crippen molar-refractivity contribution in [1.82, 2.24) is 0 Å². The monoisotopic (exact) mass is 304 g/mol. The molecule has 0 saturated heterocycles. The van der Waals surface area contributed by atoms with Crippen LogP contribution in [0.25, 0.3) is 0 Å². The van der Waals surface area contributed by atoms with Gasteiger partial charge >= 0.3 is 0 Å². The number of anilines is 2. The second kappa shape index (κ2) is 5.91. The number of nitrogens with one attached hydrogen (secondary N) is 1. The van der Waals surface area contributed by atoms with Crippen molar-refractivity contribution in [1.29, 1.82) is 0 Å². The predicted molar refractivity (Wildman–Crippen MR) is 82.2 cm³/mol. The summed E-state index contributed by atoms with van der Waals surface area (Å²) in [5.41, 5.74) is 3.63. The van der Waals surface area contributed by atoms with Gasteiger partial charge in [0.1, 0.15) is 0 Å². The van der Waals surface area contributed by atoms with Crippen LogP contribution in [0.1, 0.15) is 5.56 Å². The lowest BCUT2D eigenvalue weighted by Crippen LogP contribution is -2.12. The van der Waals surface area contributed by atoms with E-state index in [0.717, 1.165) is 16.7 Å². The second-order valence-corrected chi connectivity index (χ2v) is 5.31. The van der Waals surface area contributed by atoms with Gasteiger partial charge in [0.2, 0.25) is 0 Å². The van der Waals surface area contributed by atoms with Gasteiger partial charge in [-0.15, -0.1) is 0 Å². The van der Waals surface area contributed by atoms with Crippen molar-refractivity contribution in [2.75, 3.05) is 24.3 Å². The summed E-state index contributed by atoms with van der Waals surface area (Å²) in [7, 11) is 4.11. The fourth-order valence-corrected chi connectivity index (χ4v) is 2.08. The van der Waals surface area contributed by atoms with Crippen LogP contribution in [0.3, 0.4) is 0 Å². The van der Waals surface area contributed by atoms with Gasteiger partial charge in [0.25, 0.3) is 0 Å². The molecule has 0 heterocycles. The largest absolute Gasteiger partial charge is 0.379 e. The van der Waals surface area contributed by atoms with Crippen LogP contribution < -0.4 is 10.2 Å². The van der Waals surface area contributed by atoms with Crippen LogP contribution in [0.5, 0.6) is 0 Å². The van der Waals surface area contributed by atoms with E-state index < -0.39 is 0 Å². The molecule has 0 aliphatic carbocycles. The molecule has 0 aliphatic heterocycles. The number of benzene rings is 2. The Morgan fingerprint density at radius 2 is 1.67 bits per heavy atom. The molecule has 0 spiro atoms. The first kappa shape index (κ1) is 13.0. The van der Waals surface area contributed by atoms with E-state index in [1.165, 1.54) is 11.3 Å². The topological polar surface area (TPSA) is 15.3 Å². The Kier molecular flexibility index (Phi) is 4.26. The average molecular weight is 305 g/mol.